The predicted octanol–water partition coefficient (Wildman–Crippen LogP) is 3.98. The summed E-state index contributed by atoms with van der Waals surface area (Å²) in [6.07, 6.45) is 3.55. The summed E-state index contributed by atoms with van der Waals surface area (Å²) >= 11 is 0. The molecule has 1 fully saturated rings. The van der Waals surface area contributed by atoms with E-state index in [0.29, 0.717) is 0 Å². The standard InChI is InChI=1S/C23H25N3O3/c1-16-21(23(27)26(24-16)18-8-4-2-5-9-18)22(25-12-6-3-7-13-25)17-10-11-19-20(14-17)29-15-28-19/h2,4-5,8-11,14,21-22H,3,6-7,12-13,15H2,1H3/t21-,22+/m1/s1. The van der Waals surface area contributed by atoms with Crippen LogP contribution in [0.3, 0.4) is 0 Å². The van der Waals surface area contributed by atoms with E-state index in [0.717, 1.165) is 54.4 Å². The molecule has 6 nitrogen and oxygen atoms in total. The number of ether oxygens (including phenoxy) is 2. The van der Waals surface area contributed by atoms with Crippen molar-refractivity contribution in [2.75, 3.05) is 24.9 Å². The zero-order chi connectivity index (χ0) is 19.8. The molecule has 5 rings (SSSR count). The number of carbonyl (C=O) groups excluding carboxylic acids is 1. The van der Waals surface area contributed by atoms with Gasteiger partial charge in [0.1, 0.15) is 0 Å². The van der Waals surface area contributed by atoms with E-state index in [1.165, 1.54) is 6.42 Å². The number of piperidine rings is 1. The number of hydrogen-bond acceptors (Lipinski definition) is 5. The minimum Gasteiger partial charge on any atom is -0.454 e. The quantitative estimate of drug-likeness (QED) is 0.791. The zero-order valence-electron chi connectivity index (χ0n) is 16.6. The lowest BCUT2D eigenvalue weighted by Crippen LogP contribution is -2.43. The maximum atomic E-state index is 13.5. The summed E-state index contributed by atoms with van der Waals surface area (Å²) in [6.45, 7) is 4.19. The number of benzene rings is 2. The highest BCUT2D eigenvalue weighted by Crippen LogP contribution is 2.41. The Morgan fingerprint density at radius 2 is 1.76 bits per heavy atom. The summed E-state index contributed by atoms with van der Waals surface area (Å²) in [5, 5.41) is 6.21. The first kappa shape index (κ1) is 18.2. The van der Waals surface area contributed by atoms with Gasteiger partial charge in [0.2, 0.25) is 6.79 Å². The van der Waals surface area contributed by atoms with Gasteiger partial charge >= 0.3 is 0 Å². The second-order valence-electron chi connectivity index (χ2n) is 7.86. The fraction of sp³-hybridized carbons (Fsp3) is 0.391. The number of amides is 1. The number of hydrogen-bond donors (Lipinski definition) is 0. The molecule has 0 aromatic heterocycles. The highest BCUT2D eigenvalue weighted by atomic mass is 16.7. The van der Waals surface area contributed by atoms with Crippen molar-refractivity contribution in [2.45, 2.75) is 32.2 Å². The summed E-state index contributed by atoms with van der Waals surface area (Å²) in [5.41, 5.74) is 2.74. The van der Waals surface area contributed by atoms with Crippen molar-refractivity contribution in [1.29, 1.82) is 0 Å². The van der Waals surface area contributed by atoms with Gasteiger partial charge in [0.15, 0.2) is 11.5 Å². The molecule has 0 unspecified atom stereocenters. The lowest BCUT2D eigenvalue weighted by Gasteiger charge is -2.37. The zero-order valence-corrected chi connectivity index (χ0v) is 16.6. The molecule has 29 heavy (non-hydrogen) atoms. The minimum atomic E-state index is -0.311. The first-order chi connectivity index (χ1) is 14.2. The van der Waals surface area contributed by atoms with E-state index in [-0.39, 0.29) is 24.7 Å². The molecular weight excluding hydrogens is 366 g/mol. The molecule has 2 atom stereocenters. The molecule has 150 valence electrons. The molecule has 2 aromatic carbocycles. The van der Waals surface area contributed by atoms with Crippen LogP contribution in [0.15, 0.2) is 53.6 Å². The van der Waals surface area contributed by atoms with E-state index < -0.39 is 0 Å². The van der Waals surface area contributed by atoms with Gasteiger partial charge in [-0.05, 0) is 62.7 Å². The first-order valence-electron chi connectivity index (χ1n) is 10.3. The van der Waals surface area contributed by atoms with Gasteiger partial charge in [0.25, 0.3) is 5.91 Å². The van der Waals surface area contributed by atoms with Crippen molar-refractivity contribution in [3.8, 4) is 11.5 Å². The van der Waals surface area contributed by atoms with Crippen molar-refractivity contribution >= 4 is 17.3 Å². The normalized spacial score (nSPS) is 22.7. The Balaban J connectivity index is 1.53. The Bertz CT molecular complexity index is 938. The smallest absolute Gasteiger partial charge is 0.258 e. The van der Waals surface area contributed by atoms with E-state index in [1.54, 1.807) is 5.01 Å². The van der Waals surface area contributed by atoms with Crippen LogP contribution in [-0.2, 0) is 4.79 Å². The molecule has 0 N–H and O–H groups in total. The van der Waals surface area contributed by atoms with Gasteiger partial charge in [-0.25, -0.2) is 5.01 Å². The Labute approximate surface area is 170 Å². The monoisotopic (exact) mass is 391 g/mol. The Morgan fingerprint density at radius 3 is 2.55 bits per heavy atom. The maximum Gasteiger partial charge on any atom is 0.258 e. The van der Waals surface area contributed by atoms with Crippen LogP contribution >= 0.6 is 0 Å². The van der Waals surface area contributed by atoms with Gasteiger partial charge in [0.05, 0.1) is 23.4 Å². The number of likely N-dealkylation sites (tertiary alicyclic amines) is 1. The Kier molecular flexibility index (Phi) is 4.72. The van der Waals surface area contributed by atoms with Crippen LogP contribution in [0, 0.1) is 5.92 Å². The molecule has 3 aliphatic rings. The van der Waals surface area contributed by atoms with Crippen LogP contribution in [0.2, 0.25) is 0 Å². The molecule has 3 aliphatic heterocycles. The maximum absolute atomic E-state index is 13.5. The van der Waals surface area contributed by atoms with E-state index >= 15 is 0 Å². The van der Waals surface area contributed by atoms with E-state index in [4.69, 9.17) is 9.47 Å². The van der Waals surface area contributed by atoms with Crippen LogP contribution in [-0.4, -0.2) is 36.4 Å². The van der Waals surface area contributed by atoms with Crippen molar-refractivity contribution < 1.29 is 14.3 Å². The van der Waals surface area contributed by atoms with Crippen LogP contribution in [0.5, 0.6) is 11.5 Å². The predicted molar refractivity (Wildman–Crippen MR) is 111 cm³/mol. The van der Waals surface area contributed by atoms with Crippen LogP contribution in [0.25, 0.3) is 0 Å². The molecule has 0 aliphatic carbocycles. The lowest BCUT2D eigenvalue weighted by atomic mass is 9.86. The third-order valence-corrected chi connectivity index (χ3v) is 6.02. The molecule has 0 radical (unpaired) electrons. The second-order valence-corrected chi connectivity index (χ2v) is 7.86. The number of rotatable bonds is 4. The molecule has 1 saturated heterocycles. The van der Waals surface area contributed by atoms with E-state index in [9.17, 15) is 4.79 Å². The molecule has 0 saturated carbocycles. The van der Waals surface area contributed by atoms with Gasteiger partial charge in [-0.1, -0.05) is 30.7 Å². The average molecular weight is 391 g/mol. The van der Waals surface area contributed by atoms with Crippen molar-refractivity contribution in [1.82, 2.24) is 4.90 Å². The van der Waals surface area contributed by atoms with E-state index in [1.807, 2.05) is 49.4 Å². The van der Waals surface area contributed by atoms with Crippen molar-refractivity contribution in [3.05, 3.63) is 54.1 Å². The number of nitrogens with zero attached hydrogens (tertiary/aromatic N) is 3. The third kappa shape index (κ3) is 3.27. The van der Waals surface area contributed by atoms with Crippen LogP contribution in [0.4, 0.5) is 5.69 Å². The topological polar surface area (TPSA) is 54.4 Å². The fourth-order valence-electron chi connectivity index (χ4n) is 4.61. The number of hydrazone groups is 1. The van der Waals surface area contributed by atoms with E-state index in [2.05, 4.69) is 16.1 Å². The van der Waals surface area contributed by atoms with Crippen LogP contribution in [0.1, 0.15) is 37.8 Å². The summed E-state index contributed by atoms with van der Waals surface area (Å²) in [5.74, 6) is 1.24. The molecule has 3 heterocycles. The molecule has 0 bridgehead atoms. The van der Waals surface area contributed by atoms with Crippen LogP contribution < -0.4 is 14.5 Å². The lowest BCUT2D eigenvalue weighted by molar-refractivity contribution is -0.121. The Morgan fingerprint density at radius 1 is 1.00 bits per heavy atom. The van der Waals surface area contributed by atoms with Gasteiger partial charge < -0.3 is 9.47 Å². The molecule has 6 heteroatoms. The number of para-hydroxylation sites is 1. The van der Waals surface area contributed by atoms with Crippen molar-refractivity contribution in [2.24, 2.45) is 11.0 Å². The minimum absolute atomic E-state index is 0.0296. The SMILES string of the molecule is CC1=NN(c2ccccc2)C(=O)[C@H]1[C@H](c1ccc2c(c1)OCO2)N1CCCCC1. The average Bonchev–Trinajstić information content (AvgIpc) is 3.35. The largest absolute Gasteiger partial charge is 0.454 e. The summed E-state index contributed by atoms with van der Waals surface area (Å²) in [6, 6.07) is 15.7. The number of fused-ring (bicyclic) bond motifs is 1. The molecule has 1 amide bonds. The highest BCUT2D eigenvalue weighted by Gasteiger charge is 2.43. The number of anilines is 1. The van der Waals surface area contributed by atoms with Gasteiger partial charge in [0, 0.05) is 0 Å². The van der Waals surface area contributed by atoms with Gasteiger partial charge in [-0.15, -0.1) is 0 Å². The first-order valence-corrected chi connectivity index (χ1v) is 10.3. The summed E-state index contributed by atoms with van der Waals surface area (Å²) in [7, 11) is 0. The third-order valence-electron chi connectivity index (χ3n) is 6.02. The molecule has 2 aromatic rings. The van der Waals surface area contributed by atoms with Gasteiger partial charge in [-0.2, -0.15) is 5.10 Å². The summed E-state index contributed by atoms with van der Waals surface area (Å²) in [4.78, 5) is 16.0. The van der Waals surface area contributed by atoms with Gasteiger partial charge in [-0.3, -0.25) is 9.69 Å². The second kappa shape index (κ2) is 7.52. The Hall–Kier alpha value is -2.86. The number of carbonyl (C=O) groups is 1. The highest BCUT2D eigenvalue weighted by molar-refractivity contribution is 6.15. The van der Waals surface area contributed by atoms with Crippen molar-refractivity contribution in [3.63, 3.8) is 0 Å². The molecular formula is C23H25N3O3. The fourth-order valence-corrected chi connectivity index (χ4v) is 4.61. The molecule has 0 spiro atoms. The summed E-state index contributed by atoms with van der Waals surface area (Å²) < 4.78 is 11.1.